The van der Waals surface area contributed by atoms with Crippen LogP contribution in [-0.4, -0.2) is 46.3 Å². The average Bonchev–Trinajstić information content (AvgIpc) is 2.62. The Labute approximate surface area is 147 Å². The van der Waals surface area contributed by atoms with Crippen LogP contribution in [0, 0.1) is 6.92 Å². The number of benzene rings is 2. The smallest absolute Gasteiger partial charge is 0.253 e. The van der Waals surface area contributed by atoms with Gasteiger partial charge in [-0.3, -0.25) is 4.79 Å². The molecule has 5 heteroatoms. The molecule has 1 fully saturated rings. The van der Waals surface area contributed by atoms with E-state index in [1.807, 2.05) is 31.2 Å². The van der Waals surface area contributed by atoms with E-state index in [1.165, 1.54) is 0 Å². The molecular formula is C20H23NO4. The van der Waals surface area contributed by atoms with Gasteiger partial charge in [0.2, 0.25) is 0 Å². The number of β-amino-alcohol motifs (C(OH)–C–C–N with tert-alkyl or cyclic N) is 1. The zero-order valence-electron chi connectivity index (χ0n) is 14.3. The van der Waals surface area contributed by atoms with E-state index >= 15 is 0 Å². The number of rotatable bonds is 4. The molecule has 1 aliphatic rings. The second-order valence-corrected chi connectivity index (χ2v) is 6.66. The van der Waals surface area contributed by atoms with E-state index in [9.17, 15) is 15.0 Å². The quantitative estimate of drug-likeness (QED) is 0.897. The topological polar surface area (TPSA) is 70.0 Å². The lowest BCUT2D eigenvalue weighted by Gasteiger charge is -2.38. The fraction of sp³-hybridized carbons (Fsp3) is 0.350. The van der Waals surface area contributed by atoms with Gasteiger partial charge in [0.1, 0.15) is 17.1 Å². The summed E-state index contributed by atoms with van der Waals surface area (Å²) in [5, 5.41) is 19.5. The van der Waals surface area contributed by atoms with Crippen molar-refractivity contribution in [2.45, 2.75) is 25.4 Å². The third kappa shape index (κ3) is 4.18. The minimum absolute atomic E-state index is 0.145. The van der Waals surface area contributed by atoms with Gasteiger partial charge in [0.05, 0.1) is 13.2 Å². The summed E-state index contributed by atoms with van der Waals surface area (Å²) in [7, 11) is 0. The molecule has 0 aromatic heterocycles. The van der Waals surface area contributed by atoms with E-state index in [1.54, 1.807) is 29.2 Å². The number of nitrogens with zero attached hydrogens (tertiary/aromatic N) is 1. The molecule has 0 unspecified atom stereocenters. The molecule has 0 saturated carbocycles. The molecule has 0 bridgehead atoms. The maximum absolute atomic E-state index is 12.6. The summed E-state index contributed by atoms with van der Waals surface area (Å²) in [6.07, 6.45) is 1.19. The second-order valence-electron chi connectivity index (χ2n) is 6.66. The molecule has 2 N–H and O–H groups in total. The van der Waals surface area contributed by atoms with Gasteiger partial charge in [-0.2, -0.15) is 0 Å². The minimum atomic E-state index is -1.19. The van der Waals surface area contributed by atoms with Gasteiger partial charge in [-0.15, -0.1) is 0 Å². The van der Waals surface area contributed by atoms with Gasteiger partial charge in [-0.1, -0.05) is 12.1 Å². The fourth-order valence-electron chi connectivity index (χ4n) is 3.08. The first-order valence-corrected chi connectivity index (χ1v) is 8.46. The number of aliphatic hydroxyl groups is 2. The first-order chi connectivity index (χ1) is 12.0. The largest absolute Gasteiger partial charge is 0.457 e. The highest BCUT2D eigenvalue weighted by Gasteiger charge is 2.34. The molecule has 2 aromatic rings. The number of aryl methyl sites for hydroxylation is 1. The average molecular weight is 341 g/mol. The van der Waals surface area contributed by atoms with Crippen LogP contribution in [0.15, 0.2) is 48.5 Å². The number of aliphatic hydroxyl groups excluding tert-OH is 1. The van der Waals surface area contributed by atoms with Crippen molar-refractivity contribution in [1.82, 2.24) is 4.90 Å². The van der Waals surface area contributed by atoms with E-state index in [0.717, 1.165) is 11.3 Å². The van der Waals surface area contributed by atoms with Crippen molar-refractivity contribution >= 4 is 5.91 Å². The third-order valence-corrected chi connectivity index (χ3v) is 4.46. The van der Waals surface area contributed by atoms with E-state index in [2.05, 4.69) is 0 Å². The Hall–Kier alpha value is -2.37. The van der Waals surface area contributed by atoms with Gasteiger partial charge < -0.3 is 19.8 Å². The van der Waals surface area contributed by atoms with Crippen LogP contribution in [0.2, 0.25) is 0 Å². The summed E-state index contributed by atoms with van der Waals surface area (Å²) >= 11 is 0. The van der Waals surface area contributed by atoms with Crippen molar-refractivity contribution < 1.29 is 19.7 Å². The normalized spacial score (nSPS) is 20.4. The summed E-state index contributed by atoms with van der Waals surface area (Å²) in [6.45, 7) is 2.41. The van der Waals surface area contributed by atoms with Crippen molar-refractivity contribution in [2.75, 3.05) is 19.7 Å². The fourth-order valence-corrected chi connectivity index (χ4v) is 3.08. The van der Waals surface area contributed by atoms with Gasteiger partial charge in [-0.05, 0) is 61.7 Å². The second kappa shape index (κ2) is 7.25. The predicted molar refractivity (Wildman–Crippen MR) is 94.9 cm³/mol. The zero-order chi connectivity index (χ0) is 17.9. The number of hydrogen-bond donors (Lipinski definition) is 2. The maximum Gasteiger partial charge on any atom is 0.253 e. The van der Waals surface area contributed by atoms with E-state index in [4.69, 9.17) is 4.74 Å². The van der Waals surface area contributed by atoms with Crippen LogP contribution in [0.5, 0.6) is 11.5 Å². The van der Waals surface area contributed by atoms with Gasteiger partial charge in [0.15, 0.2) is 0 Å². The maximum atomic E-state index is 12.6. The summed E-state index contributed by atoms with van der Waals surface area (Å²) in [6, 6.07) is 14.7. The van der Waals surface area contributed by atoms with Crippen LogP contribution in [0.25, 0.3) is 0 Å². The molecule has 25 heavy (non-hydrogen) atoms. The van der Waals surface area contributed by atoms with Crippen LogP contribution >= 0.6 is 0 Å². The lowest BCUT2D eigenvalue weighted by molar-refractivity contribution is -0.0598. The Kier molecular flexibility index (Phi) is 5.06. The van der Waals surface area contributed by atoms with E-state index in [0.29, 0.717) is 30.7 Å². The number of likely N-dealkylation sites (tertiary alicyclic amines) is 1. The molecule has 1 aliphatic heterocycles. The summed E-state index contributed by atoms with van der Waals surface area (Å²) in [5.74, 6) is 1.27. The SMILES string of the molecule is Cc1cccc(Oc2ccc(C(=O)N3CCC[C@](O)(CO)C3)cc2)c1. The number of carbonyl (C=O) groups excluding carboxylic acids is 1. The molecule has 0 spiro atoms. The molecule has 1 amide bonds. The van der Waals surface area contributed by atoms with Crippen molar-refractivity contribution in [2.24, 2.45) is 0 Å². The Bertz CT molecular complexity index is 744. The predicted octanol–water partition coefficient (Wildman–Crippen LogP) is 2.75. The third-order valence-electron chi connectivity index (χ3n) is 4.46. The molecule has 5 nitrogen and oxygen atoms in total. The molecule has 1 heterocycles. The van der Waals surface area contributed by atoms with Crippen LogP contribution in [0.3, 0.4) is 0 Å². The summed E-state index contributed by atoms with van der Waals surface area (Å²) in [4.78, 5) is 14.2. The van der Waals surface area contributed by atoms with Gasteiger partial charge in [0.25, 0.3) is 5.91 Å². The van der Waals surface area contributed by atoms with Crippen LogP contribution in [0.4, 0.5) is 0 Å². The highest BCUT2D eigenvalue weighted by molar-refractivity contribution is 5.94. The molecule has 1 atom stereocenters. The standard InChI is InChI=1S/C20H23NO4/c1-15-4-2-5-18(12-15)25-17-8-6-16(7-9-17)19(23)21-11-3-10-20(24,13-21)14-22/h2,4-9,12,22,24H,3,10-11,13-14H2,1H3/t20-/m1/s1. The van der Waals surface area contributed by atoms with Crippen molar-refractivity contribution in [3.05, 3.63) is 59.7 Å². The Balaban J connectivity index is 1.68. The van der Waals surface area contributed by atoms with Crippen LogP contribution in [-0.2, 0) is 0 Å². The van der Waals surface area contributed by atoms with Gasteiger partial charge >= 0.3 is 0 Å². The summed E-state index contributed by atoms with van der Waals surface area (Å²) < 4.78 is 5.79. The number of amides is 1. The summed E-state index contributed by atoms with van der Waals surface area (Å²) in [5.41, 5.74) is 0.465. The van der Waals surface area contributed by atoms with Gasteiger partial charge in [-0.25, -0.2) is 0 Å². The molecular weight excluding hydrogens is 318 g/mol. The minimum Gasteiger partial charge on any atom is -0.457 e. The Morgan fingerprint density at radius 3 is 2.64 bits per heavy atom. The molecule has 2 aromatic carbocycles. The van der Waals surface area contributed by atoms with Gasteiger partial charge in [0, 0.05) is 12.1 Å². The monoisotopic (exact) mass is 341 g/mol. The highest BCUT2D eigenvalue weighted by Crippen LogP contribution is 2.25. The molecule has 132 valence electrons. The first kappa shape index (κ1) is 17.5. The lowest BCUT2D eigenvalue weighted by Crippen LogP contribution is -2.52. The number of piperidine rings is 1. The zero-order valence-corrected chi connectivity index (χ0v) is 14.3. The molecule has 1 saturated heterocycles. The van der Waals surface area contributed by atoms with Crippen LogP contribution < -0.4 is 4.74 Å². The Morgan fingerprint density at radius 2 is 1.96 bits per heavy atom. The molecule has 3 rings (SSSR count). The lowest BCUT2D eigenvalue weighted by atomic mass is 9.93. The number of carbonyl (C=O) groups is 1. The van der Waals surface area contributed by atoms with E-state index in [-0.39, 0.29) is 19.1 Å². The molecule has 0 aliphatic carbocycles. The first-order valence-electron chi connectivity index (χ1n) is 8.46. The van der Waals surface area contributed by atoms with E-state index < -0.39 is 5.60 Å². The van der Waals surface area contributed by atoms with Crippen molar-refractivity contribution in [3.63, 3.8) is 0 Å². The number of hydrogen-bond acceptors (Lipinski definition) is 4. The molecule has 0 radical (unpaired) electrons. The van der Waals surface area contributed by atoms with Crippen molar-refractivity contribution in [1.29, 1.82) is 0 Å². The van der Waals surface area contributed by atoms with Crippen molar-refractivity contribution in [3.8, 4) is 11.5 Å². The van der Waals surface area contributed by atoms with Crippen LogP contribution in [0.1, 0.15) is 28.8 Å². The number of ether oxygens (including phenoxy) is 1. The Morgan fingerprint density at radius 1 is 1.20 bits per heavy atom. The highest BCUT2D eigenvalue weighted by atomic mass is 16.5.